The van der Waals surface area contributed by atoms with Gasteiger partial charge in [-0.25, -0.2) is 8.42 Å². The van der Waals surface area contributed by atoms with Crippen LogP contribution in [-0.2, 0) is 10.0 Å². The van der Waals surface area contributed by atoms with Crippen molar-refractivity contribution in [1.29, 1.82) is 0 Å². The third-order valence-electron chi connectivity index (χ3n) is 5.39. The number of rotatable bonds is 7. The standard InChI is InChI=1S/C25H28N2O3S/c1-5-23(21-15-14-17(2)16-18(21)3)26-25(28)22-12-9-13-24(19(22)4)27-31(29,30)20-10-7-6-8-11-20/h6-16,23,27H,5H2,1-4H3,(H,26,28). The fraction of sp³-hybridized carbons (Fsp3) is 0.240. The summed E-state index contributed by atoms with van der Waals surface area (Å²) in [7, 11) is -3.74. The van der Waals surface area contributed by atoms with Crippen LogP contribution in [0.2, 0.25) is 0 Å². The quantitative estimate of drug-likeness (QED) is 0.528. The van der Waals surface area contributed by atoms with Crippen molar-refractivity contribution in [3.05, 3.63) is 94.5 Å². The van der Waals surface area contributed by atoms with E-state index in [9.17, 15) is 13.2 Å². The Kier molecular flexibility index (Phi) is 6.81. The number of benzene rings is 3. The molecule has 0 saturated carbocycles. The van der Waals surface area contributed by atoms with Gasteiger partial charge in [-0.05, 0) is 68.1 Å². The summed E-state index contributed by atoms with van der Waals surface area (Å²) >= 11 is 0. The van der Waals surface area contributed by atoms with Gasteiger partial charge < -0.3 is 5.32 Å². The van der Waals surface area contributed by atoms with Crippen molar-refractivity contribution in [2.24, 2.45) is 0 Å². The van der Waals surface area contributed by atoms with Crippen LogP contribution in [0.1, 0.15) is 52.0 Å². The summed E-state index contributed by atoms with van der Waals surface area (Å²) in [6.07, 6.45) is 0.745. The van der Waals surface area contributed by atoms with Crippen molar-refractivity contribution in [2.45, 2.75) is 45.1 Å². The Labute approximate surface area is 184 Å². The number of carbonyl (C=O) groups is 1. The summed E-state index contributed by atoms with van der Waals surface area (Å²) in [4.78, 5) is 13.3. The average molecular weight is 437 g/mol. The summed E-state index contributed by atoms with van der Waals surface area (Å²) in [5, 5.41) is 3.11. The molecule has 1 amide bonds. The van der Waals surface area contributed by atoms with Crippen molar-refractivity contribution in [2.75, 3.05) is 4.72 Å². The smallest absolute Gasteiger partial charge is 0.261 e. The molecule has 162 valence electrons. The SMILES string of the molecule is CCC(NC(=O)c1cccc(NS(=O)(=O)c2ccccc2)c1C)c1ccc(C)cc1C. The van der Waals surface area contributed by atoms with E-state index < -0.39 is 10.0 Å². The maximum Gasteiger partial charge on any atom is 0.261 e. The van der Waals surface area contributed by atoms with Crippen molar-refractivity contribution in [3.8, 4) is 0 Å². The molecule has 0 fully saturated rings. The van der Waals surface area contributed by atoms with Crippen LogP contribution in [-0.4, -0.2) is 14.3 Å². The largest absolute Gasteiger partial charge is 0.345 e. The molecular weight excluding hydrogens is 408 g/mol. The summed E-state index contributed by atoms with van der Waals surface area (Å²) in [5.74, 6) is -0.231. The fourth-order valence-corrected chi connectivity index (χ4v) is 4.79. The summed E-state index contributed by atoms with van der Waals surface area (Å²) in [6, 6.07) is 19.3. The zero-order valence-corrected chi connectivity index (χ0v) is 19.1. The highest BCUT2D eigenvalue weighted by atomic mass is 32.2. The molecule has 0 saturated heterocycles. The van der Waals surface area contributed by atoms with E-state index in [4.69, 9.17) is 0 Å². The van der Waals surface area contributed by atoms with Gasteiger partial charge in [0, 0.05) is 5.56 Å². The molecule has 0 heterocycles. The second-order valence-corrected chi connectivity index (χ2v) is 9.37. The second kappa shape index (κ2) is 9.35. The summed E-state index contributed by atoms with van der Waals surface area (Å²) in [5.41, 5.74) is 4.80. The number of amides is 1. The Morgan fingerprint density at radius 1 is 0.935 bits per heavy atom. The van der Waals surface area contributed by atoms with Gasteiger partial charge in [-0.2, -0.15) is 0 Å². The van der Waals surface area contributed by atoms with Crippen molar-refractivity contribution in [1.82, 2.24) is 5.32 Å². The van der Waals surface area contributed by atoms with E-state index in [1.54, 1.807) is 43.3 Å². The molecule has 3 aromatic carbocycles. The van der Waals surface area contributed by atoms with Crippen LogP contribution in [0, 0.1) is 20.8 Å². The number of aryl methyl sites for hydroxylation is 2. The first-order valence-electron chi connectivity index (χ1n) is 10.3. The molecule has 0 aliphatic rings. The normalized spacial score (nSPS) is 12.3. The van der Waals surface area contributed by atoms with Crippen LogP contribution < -0.4 is 10.0 Å². The molecule has 5 nitrogen and oxygen atoms in total. The minimum Gasteiger partial charge on any atom is -0.345 e. The Bertz CT molecular complexity index is 1190. The van der Waals surface area contributed by atoms with E-state index in [0.29, 0.717) is 16.8 Å². The molecule has 0 bridgehead atoms. The lowest BCUT2D eigenvalue weighted by Gasteiger charge is -2.21. The minimum absolute atomic E-state index is 0.128. The van der Waals surface area contributed by atoms with E-state index >= 15 is 0 Å². The van der Waals surface area contributed by atoms with Crippen molar-refractivity contribution < 1.29 is 13.2 Å². The molecule has 2 N–H and O–H groups in total. The molecule has 1 unspecified atom stereocenters. The van der Waals surface area contributed by atoms with Gasteiger partial charge in [-0.15, -0.1) is 0 Å². The molecule has 3 rings (SSSR count). The second-order valence-electron chi connectivity index (χ2n) is 7.69. The fourth-order valence-electron chi connectivity index (χ4n) is 3.65. The maximum absolute atomic E-state index is 13.1. The van der Waals surface area contributed by atoms with Crippen LogP contribution in [0.5, 0.6) is 0 Å². The highest BCUT2D eigenvalue weighted by molar-refractivity contribution is 7.92. The summed E-state index contributed by atoms with van der Waals surface area (Å²) < 4.78 is 28.0. The highest BCUT2D eigenvalue weighted by Gasteiger charge is 2.20. The molecule has 0 aliphatic carbocycles. The van der Waals surface area contributed by atoms with E-state index in [1.807, 2.05) is 26.8 Å². The Morgan fingerprint density at radius 3 is 2.29 bits per heavy atom. The number of sulfonamides is 1. The number of nitrogens with one attached hydrogen (secondary N) is 2. The Morgan fingerprint density at radius 2 is 1.65 bits per heavy atom. The molecule has 0 aliphatic heterocycles. The van der Waals surface area contributed by atoms with Crippen LogP contribution in [0.25, 0.3) is 0 Å². The Balaban J connectivity index is 1.85. The van der Waals surface area contributed by atoms with Gasteiger partial charge in [0.25, 0.3) is 15.9 Å². The van der Waals surface area contributed by atoms with Gasteiger partial charge in [0.05, 0.1) is 16.6 Å². The van der Waals surface area contributed by atoms with Gasteiger partial charge in [0.1, 0.15) is 0 Å². The lowest BCUT2D eigenvalue weighted by Crippen LogP contribution is -2.29. The Hall–Kier alpha value is -3.12. The highest BCUT2D eigenvalue weighted by Crippen LogP contribution is 2.25. The number of hydrogen-bond acceptors (Lipinski definition) is 3. The molecule has 0 spiro atoms. The monoisotopic (exact) mass is 436 g/mol. The third-order valence-corrected chi connectivity index (χ3v) is 6.77. The molecule has 31 heavy (non-hydrogen) atoms. The molecular formula is C25H28N2O3S. The lowest BCUT2D eigenvalue weighted by molar-refractivity contribution is 0.0935. The van der Waals surface area contributed by atoms with Gasteiger partial charge in [0.2, 0.25) is 0 Å². The van der Waals surface area contributed by atoms with Gasteiger partial charge in [-0.1, -0.05) is 55.0 Å². The van der Waals surface area contributed by atoms with Gasteiger partial charge in [0.15, 0.2) is 0 Å². The van der Waals surface area contributed by atoms with Crippen molar-refractivity contribution >= 4 is 21.6 Å². The van der Waals surface area contributed by atoms with Crippen molar-refractivity contribution in [3.63, 3.8) is 0 Å². The van der Waals surface area contributed by atoms with Crippen LogP contribution in [0.4, 0.5) is 5.69 Å². The first kappa shape index (κ1) is 22.6. The van der Waals surface area contributed by atoms with Crippen LogP contribution in [0.15, 0.2) is 71.6 Å². The summed E-state index contributed by atoms with van der Waals surface area (Å²) in [6.45, 7) is 7.86. The van der Waals surface area contributed by atoms with E-state index in [-0.39, 0.29) is 16.8 Å². The molecule has 0 radical (unpaired) electrons. The van der Waals surface area contributed by atoms with Crippen LogP contribution in [0.3, 0.4) is 0 Å². The van der Waals surface area contributed by atoms with E-state index in [1.165, 1.54) is 17.7 Å². The number of carbonyl (C=O) groups excluding carboxylic acids is 1. The molecule has 3 aromatic rings. The third kappa shape index (κ3) is 5.14. The first-order valence-corrected chi connectivity index (χ1v) is 11.8. The molecule has 6 heteroatoms. The van der Waals surface area contributed by atoms with E-state index in [0.717, 1.165) is 17.5 Å². The lowest BCUT2D eigenvalue weighted by atomic mass is 9.97. The van der Waals surface area contributed by atoms with Crippen LogP contribution >= 0.6 is 0 Å². The predicted molar refractivity (Wildman–Crippen MR) is 125 cm³/mol. The van der Waals surface area contributed by atoms with E-state index in [2.05, 4.69) is 22.2 Å². The van der Waals surface area contributed by atoms with Gasteiger partial charge in [-0.3, -0.25) is 9.52 Å². The molecule has 0 aromatic heterocycles. The zero-order valence-electron chi connectivity index (χ0n) is 18.3. The van der Waals surface area contributed by atoms with Gasteiger partial charge >= 0.3 is 0 Å². The zero-order chi connectivity index (χ0) is 22.6. The average Bonchev–Trinajstić information content (AvgIpc) is 2.74. The number of anilines is 1. The molecule has 1 atom stereocenters. The minimum atomic E-state index is -3.74. The predicted octanol–water partition coefficient (Wildman–Crippen LogP) is 5.29. The maximum atomic E-state index is 13.1. The number of hydrogen-bond donors (Lipinski definition) is 2. The first-order chi connectivity index (χ1) is 14.7. The topological polar surface area (TPSA) is 75.3 Å².